The van der Waals surface area contributed by atoms with Gasteiger partial charge in [0.25, 0.3) is 11.8 Å². The third-order valence-corrected chi connectivity index (χ3v) is 7.26. The Morgan fingerprint density at radius 3 is 2.49 bits per heavy atom. The molecule has 1 saturated carbocycles. The summed E-state index contributed by atoms with van der Waals surface area (Å²) in [5, 5.41) is 7.24. The van der Waals surface area contributed by atoms with Crippen LogP contribution in [0.3, 0.4) is 0 Å². The van der Waals surface area contributed by atoms with E-state index in [-0.39, 0.29) is 22.8 Å². The average Bonchev–Trinajstić information content (AvgIpc) is 3.23. The van der Waals surface area contributed by atoms with Gasteiger partial charge < -0.3 is 19.5 Å². The fourth-order valence-electron chi connectivity index (χ4n) is 5.96. The molecule has 4 rings (SSSR count). The monoisotopic (exact) mass is 483 g/mol. The van der Waals surface area contributed by atoms with E-state index in [4.69, 9.17) is 9.26 Å². The number of ether oxygens (including phenoxy) is 1. The summed E-state index contributed by atoms with van der Waals surface area (Å²) in [6.07, 6.45) is 3.68. The molecule has 2 aliphatic rings. The second-order valence-corrected chi connectivity index (χ2v) is 11.9. The van der Waals surface area contributed by atoms with Crippen molar-refractivity contribution in [2.75, 3.05) is 44.2 Å². The minimum atomic E-state index is -0.0387. The van der Waals surface area contributed by atoms with Gasteiger partial charge in [0.2, 0.25) is 0 Å². The van der Waals surface area contributed by atoms with Crippen molar-refractivity contribution in [2.45, 2.75) is 60.4 Å². The molecule has 8 heteroatoms. The predicted molar refractivity (Wildman–Crippen MR) is 137 cm³/mol. The molecule has 3 heterocycles. The van der Waals surface area contributed by atoms with E-state index in [1.165, 1.54) is 0 Å². The maximum Gasteiger partial charge on any atom is 0.254 e. The Morgan fingerprint density at radius 2 is 1.89 bits per heavy atom. The number of hydrogen-bond donors (Lipinski definition) is 1. The Morgan fingerprint density at radius 1 is 1.17 bits per heavy atom. The maximum atomic E-state index is 12.8. The van der Waals surface area contributed by atoms with Crippen molar-refractivity contribution >= 4 is 11.7 Å². The Balaban J connectivity index is 1.20. The summed E-state index contributed by atoms with van der Waals surface area (Å²) in [6.45, 7) is 18.3. The number of anilines is 1. The fraction of sp³-hybridized carbons (Fsp3) is 0.667. The quantitative estimate of drug-likeness (QED) is 0.577. The molecule has 0 bridgehead atoms. The number of rotatable bonds is 9. The fourth-order valence-corrected chi connectivity index (χ4v) is 5.96. The highest BCUT2D eigenvalue weighted by atomic mass is 16.5. The molecule has 0 atom stereocenters. The third-order valence-electron chi connectivity index (χ3n) is 7.26. The van der Waals surface area contributed by atoms with Crippen molar-refractivity contribution in [1.82, 2.24) is 20.4 Å². The maximum absolute atomic E-state index is 12.8. The van der Waals surface area contributed by atoms with Gasteiger partial charge >= 0.3 is 0 Å². The van der Waals surface area contributed by atoms with Gasteiger partial charge in [-0.3, -0.25) is 9.69 Å². The molecule has 0 radical (unpaired) electrons. The van der Waals surface area contributed by atoms with Crippen LogP contribution in [0, 0.1) is 16.7 Å². The third kappa shape index (κ3) is 6.15. The summed E-state index contributed by atoms with van der Waals surface area (Å²) in [6, 6.07) is 5.92. The summed E-state index contributed by atoms with van der Waals surface area (Å²) in [7, 11) is 0. The topological polar surface area (TPSA) is 83.7 Å². The highest BCUT2D eigenvalue weighted by molar-refractivity contribution is 5.94. The summed E-state index contributed by atoms with van der Waals surface area (Å²) >= 11 is 0. The lowest BCUT2D eigenvalue weighted by atomic mass is 9.52. The number of nitrogens with zero attached hydrogens (tertiary/aromatic N) is 4. The SMILES string of the molecule is CC(C)Cc1cc(OCCN2CCN(c3ccc(C(=O)NC4C(C)(C)CC4(C)C)cn3)CC2)no1. The number of aromatic nitrogens is 2. The van der Waals surface area contributed by atoms with Gasteiger partial charge in [-0.1, -0.05) is 41.5 Å². The van der Waals surface area contributed by atoms with Crippen LogP contribution in [0.2, 0.25) is 0 Å². The van der Waals surface area contributed by atoms with Crippen LogP contribution in [0.15, 0.2) is 28.9 Å². The van der Waals surface area contributed by atoms with Crippen LogP contribution in [-0.4, -0.2) is 66.3 Å². The summed E-state index contributed by atoms with van der Waals surface area (Å²) in [5.41, 5.74) is 0.874. The molecule has 0 spiro atoms. The lowest BCUT2D eigenvalue weighted by Crippen LogP contribution is -2.63. The van der Waals surface area contributed by atoms with Crippen molar-refractivity contribution in [2.24, 2.45) is 16.7 Å². The predicted octanol–water partition coefficient (Wildman–Crippen LogP) is 4.02. The second-order valence-electron chi connectivity index (χ2n) is 11.9. The first-order chi connectivity index (χ1) is 16.5. The van der Waals surface area contributed by atoms with E-state index in [1.54, 1.807) is 6.20 Å². The van der Waals surface area contributed by atoms with E-state index < -0.39 is 0 Å². The van der Waals surface area contributed by atoms with Crippen molar-refractivity contribution in [3.05, 3.63) is 35.7 Å². The zero-order valence-corrected chi connectivity index (χ0v) is 22.1. The molecule has 0 unspecified atom stereocenters. The summed E-state index contributed by atoms with van der Waals surface area (Å²) in [5.74, 6) is 2.85. The Bertz CT molecular complexity index is 977. The minimum absolute atomic E-state index is 0.0387. The van der Waals surface area contributed by atoms with Crippen molar-refractivity contribution < 1.29 is 14.1 Å². The van der Waals surface area contributed by atoms with Crippen LogP contribution in [0.25, 0.3) is 0 Å². The van der Waals surface area contributed by atoms with Crippen molar-refractivity contribution in [1.29, 1.82) is 0 Å². The van der Waals surface area contributed by atoms with Gasteiger partial charge in [0.1, 0.15) is 18.2 Å². The van der Waals surface area contributed by atoms with E-state index in [0.29, 0.717) is 24.0 Å². The summed E-state index contributed by atoms with van der Waals surface area (Å²) in [4.78, 5) is 22.1. The van der Waals surface area contributed by atoms with Gasteiger partial charge in [-0.25, -0.2) is 4.98 Å². The number of carbonyl (C=O) groups excluding carboxylic acids is 1. The minimum Gasteiger partial charge on any atom is -0.474 e. The Labute approximate surface area is 209 Å². The van der Waals surface area contributed by atoms with E-state index in [2.05, 4.69) is 66.8 Å². The van der Waals surface area contributed by atoms with E-state index >= 15 is 0 Å². The smallest absolute Gasteiger partial charge is 0.254 e. The van der Waals surface area contributed by atoms with Crippen LogP contribution >= 0.6 is 0 Å². The van der Waals surface area contributed by atoms with E-state index in [9.17, 15) is 4.79 Å². The lowest BCUT2D eigenvalue weighted by molar-refractivity contribution is -0.0366. The lowest BCUT2D eigenvalue weighted by Gasteiger charge is -2.57. The van der Waals surface area contributed by atoms with Crippen molar-refractivity contribution in [3.8, 4) is 5.88 Å². The van der Waals surface area contributed by atoms with Gasteiger partial charge in [-0.15, -0.1) is 0 Å². The van der Waals surface area contributed by atoms with Gasteiger partial charge in [0.15, 0.2) is 0 Å². The molecule has 2 aromatic heterocycles. The molecule has 2 fully saturated rings. The molecular formula is C27H41N5O3. The number of hydrogen-bond acceptors (Lipinski definition) is 7. The first-order valence-corrected chi connectivity index (χ1v) is 12.9. The first-order valence-electron chi connectivity index (χ1n) is 12.9. The zero-order valence-electron chi connectivity index (χ0n) is 22.1. The normalized spacial score (nSPS) is 20.0. The van der Waals surface area contributed by atoms with Crippen LogP contribution in [0.1, 0.15) is 64.1 Å². The number of pyridine rings is 1. The largest absolute Gasteiger partial charge is 0.474 e. The highest BCUT2D eigenvalue weighted by Gasteiger charge is 2.53. The molecule has 192 valence electrons. The average molecular weight is 484 g/mol. The van der Waals surface area contributed by atoms with Gasteiger partial charge in [0, 0.05) is 57.4 Å². The van der Waals surface area contributed by atoms with Gasteiger partial charge in [-0.2, -0.15) is 0 Å². The van der Waals surface area contributed by atoms with Crippen LogP contribution in [-0.2, 0) is 6.42 Å². The molecule has 1 saturated heterocycles. The highest BCUT2D eigenvalue weighted by Crippen LogP contribution is 2.53. The van der Waals surface area contributed by atoms with Gasteiger partial charge in [0.05, 0.1) is 5.56 Å². The standard InChI is InChI=1S/C27H41N5O3/c1-19(2)15-21-16-23(30-35-21)34-14-13-31-9-11-32(12-10-31)22-8-7-20(17-28-22)24(33)29-25-26(3,4)18-27(25,5)6/h7-8,16-17,19,25H,9-15,18H2,1-6H3,(H,29,33). The van der Waals surface area contributed by atoms with Crippen LogP contribution in [0.5, 0.6) is 5.88 Å². The molecule has 1 aliphatic heterocycles. The van der Waals surface area contributed by atoms with Crippen molar-refractivity contribution in [3.63, 3.8) is 0 Å². The molecule has 2 aromatic rings. The van der Waals surface area contributed by atoms with Gasteiger partial charge in [-0.05, 0) is 40.5 Å². The molecule has 0 aromatic carbocycles. The first kappa shape index (κ1) is 25.5. The molecule has 1 aliphatic carbocycles. The van der Waals surface area contributed by atoms with E-state index in [1.807, 2.05) is 18.2 Å². The number of nitrogens with one attached hydrogen (secondary N) is 1. The van der Waals surface area contributed by atoms with Crippen LogP contribution in [0.4, 0.5) is 5.82 Å². The molecule has 35 heavy (non-hydrogen) atoms. The van der Waals surface area contributed by atoms with Crippen LogP contribution < -0.4 is 15.0 Å². The zero-order chi connectivity index (χ0) is 25.2. The summed E-state index contributed by atoms with van der Waals surface area (Å²) < 4.78 is 11.1. The Hall–Kier alpha value is -2.61. The number of piperazine rings is 1. The molecule has 8 nitrogen and oxygen atoms in total. The number of carbonyl (C=O) groups is 1. The molecular weight excluding hydrogens is 442 g/mol. The second kappa shape index (κ2) is 10.2. The molecule has 1 amide bonds. The van der Waals surface area contributed by atoms with E-state index in [0.717, 1.165) is 57.1 Å². The number of amides is 1. The Kier molecular flexibility index (Phi) is 7.40. The molecule has 1 N–H and O–H groups in total.